The van der Waals surface area contributed by atoms with E-state index in [-0.39, 0.29) is 12.3 Å². The average Bonchev–Trinajstić information content (AvgIpc) is 3.03. The van der Waals surface area contributed by atoms with Crippen molar-refractivity contribution in [1.29, 1.82) is 0 Å². The molecule has 0 saturated carbocycles. The molecule has 6 N–H and O–H groups in total. The maximum absolute atomic E-state index is 12.5. The molecule has 2 fully saturated rings. The van der Waals surface area contributed by atoms with Gasteiger partial charge in [-0.2, -0.15) is 0 Å². The SMILES string of the molecule is CCC(C)CC(=O)O[C@H]1[C@H](O)[C@@H](CO)O[C@@]1(COC(C)=O)O[C@H]1O[C@H](CO)[C@@H](O)[C@H](O)[C@H]1O. The van der Waals surface area contributed by atoms with E-state index in [1.165, 1.54) is 0 Å². The van der Waals surface area contributed by atoms with Gasteiger partial charge in [-0.15, -0.1) is 0 Å². The molecule has 2 saturated heterocycles. The Hall–Kier alpha value is -1.42. The van der Waals surface area contributed by atoms with Crippen LogP contribution in [0.3, 0.4) is 0 Å². The van der Waals surface area contributed by atoms with E-state index in [9.17, 15) is 40.2 Å². The fourth-order valence-electron chi connectivity index (χ4n) is 3.58. The molecule has 2 aliphatic rings. The number of hydrogen-bond acceptors (Lipinski definition) is 13. The molecule has 33 heavy (non-hydrogen) atoms. The van der Waals surface area contributed by atoms with E-state index in [1.54, 1.807) is 0 Å². The van der Waals surface area contributed by atoms with Crippen LogP contribution in [0.5, 0.6) is 0 Å². The minimum atomic E-state index is -2.25. The van der Waals surface area contributed by atoms with Crippen molar-refractivity contribution in [2.45, 2.75) is 88.4 Å². The fourth-order valence-corrected chi connectivity index (χ4v) is 3.58. The fraction of sp³-hybridized carbons (Fsp3) is 0.900. The number of rotatable bonds is 10. The Morgan fingerprint density at radius 2 is 1.64 bits per heavy atom. The molecule has 0 spiro atoms. The third kappa shape index (κ3) is 6.38. The number of ether oxygens (including phenoxy) is 5. The molecule has 2 aliphatic heterocycles. The van der Waals surface area contributed by atoms with E-state index >= 15 is 0 Å². The molecule has 0 bridgehead atoms. The lowest BCUT2D eigenvalue weighted by molar-refractivity contribution is -0.384. The summed E-state index contributed by atoms with van der Waals surface area (Å²) in [4.78, 5) is 24.0. The van der Waals surface area contributed by atoms with E-state index in [2.05, 4.69) is 0 Å². The maximum Gasteiger partial charge on any atom is 0.306 e. The maximum atomic E-state index is 12.5. The molecule has 0 aliphatic carbocycles. The number of aliphatic hydroxyl groups is 6. The van der Waals surface area contributed by atoms with Gasteiger partial charge >= 0.3 is 11.9 Å². The highest BCUT2D eigenvalue weighted by Crippen LogP contribution is 2.38. The van der Waals surface area contributed by atoms with E-state index in [1.807, 2.05) is 13.8 Å². The topological polar surface area (TPSA) is 202 Å². The highest BCUT2D eigenvalue weighted by molar-refractivity contribution is 5.70. The van der Waals surface area contributed by atoms with Gasteiger partial charge in [0.15, 0.2) is 12.4 Å². The summed E-state index contributed by atoms with van der Waals surface area (Å²) in [6, 6.07) is 0. The van der Waals surface area contributed by atoms with Crippen LogP contribution in [0, 0.1) is 5.92 Å². The molecular formula is C20H34O13. The van der Waals surface area contributed by atoms with Crippen LogP contribution in [-0.4, -0.2) is 117 Å². The Morgan fingerprint density at radius 3 is 2.18 bits per heavy atom. The predicted molar refractivity (Wildman–Crippen MR) is 106 cm³/mol. The van der Waals surface area contributed by atoms with Gasteiger partial charge in [0.05, 0.1) is 13.2 Å². The summed E-state index contributed by atoms with van der Waals surface area (Å²) in [6.07, 6.45) is -12.3. The van der Waals surface area contributed by atoms with Crippen LogP contribution in [0.1, 0.15) is 33.6 Å². The third-order valence-electron chi connectivity index (χ3n) is 5.77. The van der Waals surface area contributed by atoms with Gasteiger partial charge in [0.25, 0.3) is 0 Å². The number of carbonyl (C=O) groups is 2. The van der Waals surface area contributed by atoms with Gasteiger partial charge in [0, 0.05) is 13.3 Å². The van der Waals surface area contributed by atoms with Gasteiger partial charge in [0.1, 0.15) is 43.2 Å². The van der Waals surface area contributed by atoms with Crippen molar-refractivity contribution in [3.05, 3.63) is 0 Å². The third-order valence-corrected chi connectivity index (χ3v) is 5.77. The zero-order valence-electron chi connectivity index (χ0n) is 18.8. The number of hydrogen-bond donors (Lipinski definition) is 6. The molecule has 2 rings (SSSR count). The zero-order chi connectivity index (χ0) is 24.9. The summed E-state index contributed by atoms with van der Waals surface area (Å²) in [5.41, 5.74) is 0. The van der Waals surface area contributed by atoms with E-state index in [0.717, 1.165) is 6.92 Å². The number of carbonyl (C=O) groups excluding carboxylic acids is 2. The molecule has 0 aromatic carbocycles. The van der Waals surface area contributed by atoms with Crippen molar-refractivity contribution < 1.29 is 63.9 Å². The molecule has 0 aromatic rings. The minimum Gasteiger partial charge on any atom is -0.460 e. The molecule has 13 heteroatoms. The van der Waals surface area contributed by atoms with Crippen LogP contribution in [-0.2, 0) is 33.3 Å². The standard InChI is InChI=1S/C20H34O13/c1-4-9(2)5-13(24)31-18-15(26)12(7-22)32-20(18,8-29-10(3)23)33-19-17(28)16(27)14(25)11(6-21)30-19/h9,11-12,14-19,21-22,25-28H,4-8H2,1-3H3/t9?,11-,12-,14-,15-,16+,17-,18+,19-,20+/m1/s1. The lowest BCUT2D eigenvalue weighted by atomic mass is 9.99. The lowest BCUT2D eigenvalue weighted by Crippen LogP contribution is -2.63. The second kappa shape index (κ2) is 11.8. The molecule has 0 amide bonds. The second-order valence-electron chi connectivity index (χ2n) is 8.36. The minimum absolute atomic E-state index is 0.00674. The monoisotopic (exact) mass is 482 g/mol. The van der Waals surface area contributed by atoms with Crippen LogP contribution in [0.4, 0.5) is 0 Å². The van der Waals surface area contributed by atoms with Gasteiger partial charge < -0.3 is 54.3 Å². The smallest absolute Gasteiger partial charge is 0.306 e. The summed E-state index contributed by atoms with van der Waals surface area (Å²) in [5, 5.41) is 60.1. The average molecular weight is 482 g/mol. The van der Waals surface area contributed by atoms with E-state index in [4.69, 9.17) is 23.7 Å². The van der Waals surface area contributed by atoms with Gasteiger partial charge in [-0.05, 0) is 5.92 Å². The summed E-state index contributed by atoms with van der Waals surface area (Å²) in [6.45, 7) is 2.57. The van der Waals surface area contributed by atoms with E-state index in [0.29, 0.717) is 6.42 Å². The first-order chi connectivity index (χ1) is 15.5. The van der Waals surface area contributed by atoms with Crippen LogP contribution < -0.4 is 0 Å². The van der Waals surface area contributed by atoms with Crippen molar-refractivity contribution in [3.63, 3.8) is 0 Å². The summed E-state index contributed by atoms with van der Waals surface area (Å²) < 4.78 is 27.0. The zero-order valence-corrected chi connectivity index (χ0v) is 18.8. The highest BCUT2D eigenvalue weighted by Gasteiger charge is 2.61. The molecule has 2 heterocycles. The molecular weight excluding hydrogens is 448 g/mol. The van der Waals surface area contributed by atoms with E-state index < -0.39 is 86.6 Å². The van der Waals surface area contributed by atoms with Crippen LogP contribution in [0.25, 0.3) is 0 Å². The predicted octanol–water partition coefficient (Wildman–Crippen LogP) is -2.84. The lowest BCUT2D eigenvalue weighted by Gasteiger charge is -2.43. The second-order valence-corrected chi connectivity index (χ2v) is 8.36. The van der Waals surface area contributed by atoms with Crippen molar-refractivity contribution in [2.24, 2.45) is 5.92 Å². The summed E-state index contributed by atoms with van der Waals surface area (Å²) in [5.74, 6) is -3.79. The first-order valence-corrected chi connectivity index (χ1v) is 10.8. The van der Waals surface area contributed by atoms with Crippen LogP contribution in [0.2, 0.25) is 0 Å². The van der Waals surface area contributed by atoms with Gasteiger partial charge in [-0.3, -0.25) is 9.59 Å². The van der Waals surface area contributed by atoms with Gasteiger partial charge in [-0.1, -0.05) is 20.3 Å². The molecule has 13 nitrogen and oxygen atoms in total. The molecule has 192 valence electrons. The van der Waals surface area contributed by atoms with Crippen LogP contribution in [0.15, 0.2) is 0 Å². The summed E-state index contributed by atoms with van der Waals surface area (Å²) in [7, 11) is 0. The Morgan fingerprint density at radius 1 is 1.00 bits per heavy atom. The Balaban J connectivity index is 2.37. The van der Waals surface area contributed by atoms with Crippen molar-refractivity contribution in [1.82, 2.24) is 0 Å². The summed E-state index contributed by atoms with van der Waals surface area (Å²) >= 11 is 0. The largest absolute Gasteiger partial charge is 0.460 e. The Labute approximate surface area is 190 Å². The molecule has 1 unspecified atom stereocenters. The Bertz CT molecular complexity index is 658. The van der Waals surface area contributed by atoms with Gasteiger partial charge in [0.2, 0.25) is 5.79 Å². The van der Waals surface area contributed by atoms with Crippen molar-refractivity contribution in [2.75, 3.05) is 19.8 Å². The quantitative estimate of drug-likeness (QED) is 0.174. The number of esters is 2. The molecule has 0 aromatic heterocycles. The van der Waals surface area contributed by atoms with Gasteiger partial charge in [-0.25, -0.2) is 0 Å². The molecule has 0 radical (unpaired) electrons. The normalized spacial score (nSPS) is 39.8. The number of aliphatic hydroxyl groups excluding tert-OH is 6. The van der Waals surface area contributed by atoms with Crippen molar-refractivity contribution in [3.8, 4) is 0 Å². The Kier molecular flexibility index (Phi) is 9.96. The first-order valence-electron chi connectivity index (χ1n) is 10.8. The molecule has 10 atom stereocenters. The highest BCUT2D eigenvalue weighted by atomic mass is 16.8. The van der Waals surface area contributed by atoms with Crippen LogP contribution >= 0.6 is 0 Å². The first kappa shape index (κ1) is 27.8. The van der Waals surface area contributed by atoms with Crippen molar-refractivity contribution >= 4 is 11.9 Å².